The molecule has 0 amide bonds. The van der Waals surface area contributed by atoms with E-state index in [4.69, 9.17) is 4.74 Å². The Bertz CT molecular complexity index is 282. The highest BCUT2D eigenvalue weighted by Crippen LogP contribution is 2.29. The Kier molecular flexibility index (Phi) is 4.75. The van der Waals surface area contributed by atoms with Gasteiger partial charge in [0.15, 0.2) is 0 Å². The van der Waals surface area contributed by atoms with Crippen LogP contribution in [0.3, 0.4) is 0 Å². The zero-order valence-electron chi connectivity index (χ0n) is 11.2. The van der Waals surface area contributed by atoms with Crippen molar-refractivity contribution in [3.05, 3.63) is 12.2 Å². The summed E-state index contributed by atoms with van der Waals surface area (Å²) < 4.78 is 5.21. The topological polar surface area (TPSA) is 46.5 Å². The molecule has 1 atom stereocenters. The first kappa shape index (κ1) is 14.2. The third kappa shape index (κ3) is 4.50. The van der Waals surface area contributed by atoms with Crippen molar-refractivity contribution in [1.29, 1.82) is 0 Å². The van der Waals surface area contributed by atoms with Gasteiger partial charge in [-0.1, -0.05) is 25.8 Å². The number of hydrogen-bond acceptors (Lipinski definition) is 3. The Morgan fingerprint density at radius 3 is 2.29 bits per heavy atom. The Balaban J connectivity index is 2.53. The molecule has 0 aromatic rings. The minimum absolute atomic E-state index is 0.170. The van der Waals surface area contributed by atoms with Gasteiger partial charge >= 0.3 is 5.97 Å². The van der Waals surface area contributed by atoms with Gasteiger partial charge < -0.3 is 9.84 Å². The molecular weight excluding hydrogens is 216 g/mol. The normalized spacial score (nSPS) is 19.8. The highest BCUT2D eigenvalue weighted by molar-refractivity contribution is 5.89. The molecule has 1 saturated carbocycles. The molecule has 0 aromatic carbocycles. The number of carbonyl (C=O) groups excluding carboxylic acids is 1. The summed E-state index contributed by atoms with van der Waals surface area (Å²) in [7, 11) is 0. The van der Waals surface area contributed by atoms with E-state index in [0.717, 1.165) is 25.7 Å². The quantitative estimate of drug-likeness (QED) is 0.609. The van der Waals surface area contributed by atoms with E-state index in [1.807, 2.05) is 20.8 Å². The van der Waals surface area contributed by atoms with Gasteiger partial charge in [0.05, 0.1) is 11.7 Å². The lowest BCUT2D eigenvalue weighted by molar-refractivity contribution is -0.151. The average Bonchev–Trinajstić information content (AvgIpc) is 2.26. The van der Waals surface area contributed by atoms with Crippen LogP contribution in [0.25, 0.3) is 0 Å². The van der Waals surface area contributed by atoms with Crippen LogP contribution in [0.4, 0.5) is 0 Å². The average molecular weight is 240 g/mol. The van der Waals surface area contributed by atoms with Crippen molar-refractivity contribution in [2.24, 2.45) is 5.92 Å². The van der Waals surface area contributed by atoms with E-state index in [9.17, 15) is 9.90 Å². The van der Waals surface area contributed by atoms with Gasteiger partial charge in [-0.05, 0) is 39.5 Å². The van der Waals surface area contributed by atoms with Gasteiger partial charge in [0.25, 0.3) is 0 Å². The van der Waals surface area contributed by atoms with E-state index in [1.54, 1.807) is 0 Å². The van der Waals surface area contributed by atoms with E-state index in [-0.39, 0.29) is 11.5 Å². The van der Waals surface area contributed by atoms with Gasteiger partial charge in [-0.3, -0.25) is 0 Å². The third-order valence-electron chi connectivity index (χ3n) is 3.11. The smallest absolute Gasteiger partial charge is 0.336 e. The number of aliphatic hydroxyl groups excluding tert-OH is 1. The molecule has 1 unspecified atom stereocenters. The minimum Gasteiger partial charge on any atom is -0.457 e. The number of hydrogen-bond donors (Lipinski definition) is 1. The highest BCUT2D eigenvalue weighted by atomic mass is 16.6. The third-order valence-corrected chi connectivity index (χ3v) is 3.11. The lowest BCUT2D eigenvalue weighted by Gasteiger charge is -2.28. The lowest BCUT2D eigenvalue weighted by atomic mass is 9.83. The summed E-state index contributed by atoms with van der Waals surface area (Å²) in [5.74, 6) is -0.306. The van der Waals surface area contributed by atoms with Crippen LogP contribution in [0, 0.1) is 5.92 Å². The number of esters is 1. The number of rotatable bonds is 3. The minimum atomic E-state index is -0.745. The molecule has 1 aliphatic rings. The first-order valence-electron chi connectivity index (χ1n) is 6.41. The first-order valence-corrected chi connectivity index (χ1v) is 6.41. The number of carbonyl (C=O) groups is 1. The molecule has 1 N–H and O–H groups in total. The summed E-state index contributed by atoms with van der Waals surface area (Å²) in [4.78, 5) is 11.8. The van der Waals surface area contributed by atoms with Gasteiger partial charge in [0.2, 0.25) is 0 Å². The van der Waals surface area contributed by atoms with E-state index < -0.39 is 17.7 Å². The van der Waals surface area contributed by atoms with E-state index in [0.29, 0.717) is 0 Å². The van der Waals surface area contributed by atoms with Crippen molar-refractivity contribution in [3.63, 3.8) is 0 Å². The predicted octanol–water partition coefficient (Wildman–Crippen LogP) is 2.83. The Morgan fingerprint density at radius 1 is 1.29 bits per heavy atom. The molecule has 0 aliphatic heterocycles. The van der Waals surface area contributed by atoms with Crippen molar-refractivity contribution in [3.8, 4) is 0 Å². The molecule has 0 saturated heterocycles. The zero-order chi connectivity index (χ0) is 13.1. The van der Waals surface area contributed by atoms with Gasteiger partial charge in [-0.2, -0.15) is 0 Å². The molecule has 0 heterocycles. The van der Waals surface area contributed by atoms with Crippen LogP contribution in [-0.4, -0.2) is 22.8 Å². The fourth-order valence-electron chi connectivity index (χ4n) is 2.20. The second-order valence-electron chi connectivity index (χ2n) is 5.87. The van der Waals surface area contributed by atoms with Crippen molar-refractivity contribution >= 4 is 5.97 Å². The van der Waals surface area contributed by atoms with Crippen molar-refractivity contribution < 1.29 is 14.6 Å². The van der Waals surface area contributed by atoms with E-state index >= 15 is 0 Å². The standard InChI is InChI=1S/C14H24O3/c1-10(13(16)17-14(2,3)4)12(15)11-8-6-5-7-9-11/h11-12,15H,1,5-9H2,2-4H3. The molecule has 0 aromatic heterocycles. The molecule has 98 valence electrons. The van der Waals surface area contributed by atoms with Crippen LogP contribution >= 0.6 is 0 Å². The summed E-state index contributed by atoms with van der Waals surface area (Å²) in [6.45, 7) is 9.12. The maximum Gasteiger partial charge on any atom is 0.336 e. The van der Waals surface area contributed by atoms with Crippen LogP contribution in [0.2, 0.25) is 0 Å². The van der Waals surface area contributed by atoms with Crippen molar-refractivity contribution in [1.82, 2.24) is 0 Å². The van der Waals surface area contributed by atoms with E-state index in [2.05, 4.69) is 6.58 Å². The molecule has 0 bridgehead atoms. The molecule has 0 radical (unpaired) electrons. The Morgan fingerprint density at radius 2 is 1.82 bits per heavy atom. The maximum absolute atomic E-state index is 11.8. The molecule has 3 heteroatoms. The summed E-state index contributed by atoms with van der Waals surface area (Å²) in [5, 5.41) is 10.1. The Hall–Kier alpha value is -0.830. The molecule has 1 aliphatic carbocycles. The molecule has 1 fully saturated rings. The second kappa shape index (κ2) is 5.67. The van der Waals surface area contributed by atoms with Gasteiger partial charge in [0, 0.05) is 0 Å². The summed E-state index contributed by atoms with van der Waals surface area (Å²) >= 11 is 0. The first-order chi connectivity index (χ1) is 7.81. The zero-order valence-corrected chi connectivity index (χ0v) is 11.2. The SMILES string of the molecule is C=C(C(=O)OC(C)(C)C)C(O)C1CCCCC1. The highest BCUT2D eigenvalue weighted by Gasteiger charge is 2.29. The van der Waals surface area contributed by atoms with Crippen LogP contribution < -0.4 is 0 Å². The molecule has 3 nitrogen and oxygen atoms in total. The molecule has 1 rings (SSSR count). The van der Waals surface area contributed by atoms with Gasteiger partial charge in [-0.15, -0.1) is 0 Å². The van der Waals surface area contributed by atoms with Crippen LogP contribution in [0.5, 0.6) is 0 Å². The summed E-state index contributed by atoms with van der Waals surface area (Å²) in [5.41, 5.74) is -0.335. The Labute approximate surface area is 104 Å². The lowest BCUT2D eigenvalue weighted by Crippen LogP contribution is -2.32. The monoisotopic (exact) mass is 240 g/mol. The van der Waals surface area contributed by atoms with Crippen LogP contribution in [0.1, 0.15) is 52.9 Å². The van der Waals surface area contributed by atoms with Crippen molar-refractivity contribution in [2.45, 2.75) is 64.6 Å². The number of ether oxygens (including phenoxy) is 1. The largest absolute Gasteiger partial charge is 0.457 e. The molecular formula is C14H24O3. The summed E-state index contributed by atoms with van der Waals surface area (Å²) in [6.07, 6.45) is 4.69. The molecule has 0 spiro atoms. The van der Waals surface area contributed by atoms with Gasteiger partial charge in [0.1, 0.15) is 5.60 Å². The van der Waals surface area contributed by atoms with Crippen LogP contribution in [0.15, 0.2) is 12.2 Å². The summed E-state index contributed by atoms with van der Waals surface area (Å²) in [6, 6.07) is 0. The maximum atomic E-state index is 11.8. The van der Waals surface area contributed by atoms with E-state index in [1.165, 1.54) is 6.42 Å². The van der Waals surface area contributed by atoms with Gasteiger partial charge in [-0.25, -0.2) is 4.79 Å². The number of aliphatic hydroxyl groups is 1. The molecule has 17 heavy (non-hydrogen) atoms. The second-order valence-corrected chi connectivity index (χ2v) is 5.87. The van der Waals surface area contributed by atoms with Crippen LogP contribution in [-0.2, 0) is 9.53 Å². The fourth-order valence-corrected chi connectivity index (χ4v) is 2.20. The van der Waals surface area contributed by atoms with Crippen molar-refractivity contribution in [2.75, 3.05) is 0 Å². The predicted molar refractivity (Wildman–Crippen MR) is 67.6 cm³/mol. The fraction of sp³-hybridized carbons (Fsp3) is 0.786.